The number of nitrogens with two attached hydrogens (primary N) is 1. The lowest BCUT2D eigenvalue weighted by molar-refractivity contribution is -0.142. The fourth-order valence-electron chi connectivity index (χ4n) is 3.12. The second kappa shape index (κ2) is 13.7. The van der Waals surface area contributed by atoms with Gasteiger partial charge in [0.1, 0.15) is 30.0 Å². The SMILES string of the molecule is CCCc1nn(C)c2c(NCc3ccc(OC)c(Cl)c3)nc(COCC(=O)O)nc12.NCCO. The minimum Gasteiger partial charge on any atom is -0.495 e. The Hall–Kier alpha value is -2.99. The summed E-state index contributed by atoms with van der Waals surface area (Å²) < 4.78 is 12.1. The smallest absolute Gasteiger partial charge is 0.329 e. The van der Waals surface area contributed by atoms with E-state index < -0.39 is 12.6 Å². The lowest BCUT2D eigenvalue weighted by Gasteiger charge is -2.11. The predicted octanol–water partition coefficient (Wildman–Crippen LogP) is 2.13. The Balaban J connectivity index is 0.000000945. The number of hydrogen-bond donors (Lipinski definition) is 4. The van der Waals surface area contributed by atoms with Gasteiger partial charge in [-0.05, 0) is 24.1 Å². The third-order valence-corrected chi connectivity index (χ3v) is 4.84. The number of carboxylic acid groups (broad SMARTS) is 1. The molecular formula is C22H31ClN6O5. The highest BCUT2D eigenvalue weighted by Gasteiger charge is 2.17. The van der Waals surface area contributed by atoms with E-state index in [2.05, 4.69) is 27.3 Å². The topological polar surface area (TPSA) is 158 Å². The molecule has 12 heteroatoms. The van der Waals surface area contributed by atoms with Crippen LogP contribution in [0.1, 0.15) is 30.4 Å². The third-order valence-electron chi connectivity index (χ3n) is 4.55. The molecule has 0 saturated heterocycles. The molecule has 1 aromatic carbocycles. The molecule has 0 amide bonds. The van der Waals surface area contributed by atoms with Crippen molar-refractivity contribution in [2.75, 3.05) is 32.2 Å². The second-order valence-electron chi connectivity index (χ2n) is 7.23. The van der Waals surface area contributed by atoms with E-state index in [1.807, 2.05) is 25.2 Å². The first kappa shape index (κ1) is 27.3. The van der Waals surface area contributed by atoms with Crippen LogP contribution in [-0.2, 0) is 36.2 Å². The standard InChI is InChI=1S/C20H24ClN5O4.C2H7NO/c1-4-5-14-18-19(26(2)25-14)20(24-16(23-18)10-30-11-17(27)28)22-9-12-6-7-15(29-3)13(21)8-12;3-1-2-4/h6-8H,4-5,9-11H2,1-3H3,(H,27,28)(H,22,23,24);4H,1-3H2. The summed E-state index contributed by atoms with van der Waals surface area (Å²) in [5.41, 5.74) is 8.11. The maximum atomic E-state index is 10.7. The molecule has 5 N–H and O–H groups in total. The minimum absolute atomic E-state index is 0.00819. The quantitative estimate of drug-likeness (QED) is 0.311. The number of aromatic nitrogens is 4. The van der Waals surface area contributed by atoms with Crippen LogP contribution in [0.2, 0.25) is 5.02 Å². The number of ether oxygens (including phenoxy) is 2. The van der Waals surface area contributed by atoms with Gasteiger partial charge in [-0.3, -0.25) is 4.68 Å². The molecule has 0 atom stereocenters. The zero-order chi connectivity index (χ0) is 25.1. The number of aryl methyl sites for hydroxylation is 2. The number of benzene rings is 1. The van der Waals surface area contributed by atoms with Crippen molar-refractivity contribution >= 4 is 34.4 Å². The van der Waals surface area contributed by atoms with Gasteiger partial charge in [-0.25, -0.2) is 14.8 Å². The van der Waals surface area contributed by atoms with Crippen LogP contribution < -0.4 is 15.8 Å². The molecule has 3 rings (SSSR count). The molecule has 0 radical (unpaired) electrons. The van der Waals surface area contributed by atoms with Crippen molar-refractivity contribution in [2.24, 2.45) is 12.8 Å². The number of nitrogens with one attached hydrogen (secondary N) is 1. The summed E-state index contributed by atoms with van der Waals surface area (Å²) in [6.07, 6.45) is 1.70. The number of fused-ring (bicyclic) bond motifs is 1. The zero-order valence-corrected chi connectivity index (χ0v) is 20.3. The van der Waals surface area contributed by atoms with Gasteiger partial charge in [0.2, 0.25) is 0 Å². The highest BCUT2D eigenvalue weighted by Crippen LogP contribution is 2.27. The van der Waals surface area contributed by atoms with Gasteiger partial charge in [-0.2, -0.15) is 5.10 Å². The molecule has 0 unspecified atom stereocenters. The number of anilines is 1. The molecule has 0 aliphatic heterocycles. The number of nitrogens with zero attached hydrogens (tertiary/aromatic N) is 4. The normalized spacial score (nSPS) is 10.6. The number of halogens is 1. The first-order valence-corrected chi connectivity index (χ1v) is 11.1. The van der Waals surface area contributed by atoms with Crippen molar-refractivity contribution in [1.29, 1.82) is 0 Å². The molecule has 0 aliphatic rings. The highest BCUT2D eigenvalue weighted by molar-refractivity contribution is 6.32. The van der Waals surface area contributed by atoms with E-state index in [-0.39, 0.29) is 13.2 Å². The monoisotopic (exact) mass is 494 g/mol. The van der Waals surface area contributed by atoms with Crippen molar-refractivity contribution in [2.45, 2.75) is 32.9 Å². The molecule has 0 aliphatic carbocycles. The molecule has 0 spiro atoms. The molecule has 2 aromatic heterocycles. The van der Waals surface area contributed by atoms with Crippen LogP contribution in [0.4, 0.5) is 5.82 Å². The summed E-state index contributed by atoms with van der Waals surface area (Å²) in [7, 11) is 3.42. The van der Waals surface area contributed by atoms with Crippen molar-refractivity contribution < 1.29 is 24.5 Å². The van der Waals surface area contributed by atoms with E-state index in [0.717, 1.165) is 35.1 Å². The van der Waals surface area contributed by atoms with Crippen LogP contribution in [0.15, 0.2) is 18.2 Å². The lowest BCUT2D eigenvalue weighted by atomic mass is 10.2. The Morgan fingerprint density at radius 1 is 1.32 bits per heavy atom. The first-order valence-electron chi connectivity index (χ1n) is 10.7. The molecule has 0 fully saturated rings. The van der Waals surface area contributed by atoms with Crippen LogP contribution in [0, 0.1) is 0 Å². The fourth-order valence-corrected chi connectivity index (χ4v) is 3.40. The Morgan fingerprint density at radius 3 is 2.65 bits per heavy atom. The Morgan fingerprint density at radius 2 is 2.06 bits per heavy atom. The maximum Gasteiger partial charge on any atom is 0.329 e. The van der Waals surface area contributed by atoms with Crippen molar-refractivity contribution in [3.63, 3.8) is 0 Å². The van der Waals surface area contributed by atoms with E-state index in [1.165, 1.54) is 0 Å². The van der Waals surface area contributed by atoms with E-state index in [9.17, 15) is 4.79 Å². The first-order chi connectivity index (χ1) is 16.3. The maximum absolute atomic E-state index is 10.7. The number of aliphatic hydroxyl groups is 1. The van der Waals surface area contributed by atoms with E-state index in [0.29, 0.717) is 35.5 Å². The van der Waals surface area contributed by atoms with E-state index in [1.54, 1.807) is 11.8 Å². The summed E-state index contributed by atoms with van der Waals surface area (Å²) >= 11 is 6.22. The van der Waals surface area contributed by atoms with Gasteiger partial charge in [0.05, 0.1) is 24.4 Å². The van der Waals surface area contributed by atoms with Gasteiger partial charge in [0.15, 0.2) is 11.6 Å². The van der Waals surface area contributed by atoms with Crippen molar-refractivity contribution in [1.82, 2.24) is 19.7 Å². The highest BCUT2D eigenvalue weighted by atomic mass is 35.5. The summed E-state index contributed by atoms with van der Waals surface area (Å²) in [6.45, 7) is 2.60. The fraction of sp³-hybridized carbons (Fsp3) is 0.455. The molecule has 2 heterocycles. The second-order valence-corrected chi connectivity index (χ2v) is 7.63. The molecule has 11 nitrogen and oxygen atoms in total. The van der Waals surface area contributed by atoms with Crippen LogP contribution in [0.25, 0.3) is 11.0 Å². The van der Waals surface area contributed by atoms with E-state index in [4.69, 9.17) is 37.0 Å². The van der Waals surface area contributed by atoms with Crippen LogP contribution >= 0.6 is 11.6 Å². The van der Waals surface area contributed by atoms with Gasteiger partial charge < -0.3 is 30.7 Å². The number of methoxy groups -OCH3 is 1. The predicted molar refractivity (Wildman–Crippen MR) is 129 cm³/mol. The van der Waals surface area contributed by atoms with Crippen LogP contribution in [0.5, 0.6) is 5.75 Å². The van der Waals surface area contributed by atoms with Crippen LogP contribution in [0.3, 0.4) is 0 Å². The largest absolute Gasteiger partial charge is 0.495 e. The van der Waals surface area contributed by atoms with Gasteiger partial charge >= 0.3 is 5.97 Å². The minimum atomic E-state index is -1.04. The summed E-state index contributed by atoms with van der Waals surface area (Å²) in [5.74, 6) is 0.556. The number of aliphatic hydroxyl groups excluding tert-OH is 1. The number of carbonyl (C=O) groups is 1. The molecule has 3 aromatic rings. The molecule has 186 valence electrons. The van der Waals surface area contributed by atoms with Gasteiger partial charge in [-0.1, -0.05) is 31.0 Å². The number of rotatable bonds is 11. The van der Waals surface area contributed by atoms with E-state index >= 15 is 0 Å². The molecule has 0 saturated carbocycles. The molecule has 34 heavy (non-hydrogen) atoms. The average Bonchev–Trinajstić information content (AvgIpc) is 3.13. The summed E-state index contributed by atoms with van der Waals surface area (Å²) in [4.78, 5) is 19.9. The molecule has 0 bridgehead atoms. The number of hydrogen-bond acceptors (Lipinski definition) is 9. The summed E-state index contributed by atoms with van der Waals surface area (Å²) in [5, 5.41) is 25.0. The number of aliphatic carboxylic acids is 1. The lowest BCUT2D eigenvalue weighted by Crippen LogP contribution is -2.11. The molecular weight excluding hydrogens is 464 g/mol. The van der Waals surface area contributed by atoms with Crippen molar-refractivity contribution in [3.8, 4) is 5.75 Å². The Kier molecular flexibility index (Phi) is 10.9. The third kappa shape index (κ3) is 7.52. The average molecular weight is 495 g/mol. The number of carboxylic acids is 1. The van der Waals surface area contributed by atoms with Crippen molar-refractivity contribution in [3.05, 3.63) is 40.3 Å². The zero-order valence-electron chi connectivity index (χ0n) is 19.5. The van der Waals surface area contributed by atoms with Crippen LogP contribution in [-0.4, -0.2) is 62.8 Å². The Bertz CT molecular complexity index is 1090. The van der Waals surface area contributed by atoms with Gasteiger partial charge in [0, 0.05) is 20.1 Å². The van der Waals surface area contributed by atoms with Gasteiger partial charge in [-0.15, -0.1) is 0 Å². The van der Waals surface area contributed by atoms with Gasteiger partial charge in [0.25, 0.3) is 0 Å². The summed E-state index contributed by atoms with van der Waals surface area (Å²) in [6, 6.07) is 5.55. The Labute approximate surface area is 202 Å².